The van der Waals surface area contributed by atoms with Gasteiger partial charge in [0.25, 0.3) is 5.91 Å². The molecule has 2 N–H and O–H groups in total. The third-order valence-corrected chi connectivity index (χ3v) is 6.27. The fourth-order valence-electron chi connectivity index (χ4n) is 3.90. The molecule has 0 aliphatic carbocycles. The maximum Gasteiger partial charge on any atom is 0.317 e. The van der Waals surface area contributed by atoms with Gasteiger partial charge < -0.3 is 25.0 Å². The molecule has 2 aliphatic rings. The second-order valence-corrected chi connectivity index (χ2v) is 8.63. The highest BCUT2D eigenvalue weighted by Crippen LogP contribution is 2.25. The number of ether oxygens (including phenoxy) is 1. The van der Waals surface area contributed by atoms with E-state index < -0.39 is 5.97 Å². The Balaban J connectivity index is 1.48. The van der Waals surface area contributed by atoms with Gasteiger partial charge >= 0.3 is 5.97 Å². The Labute approximate surface area is 196 Å². The number of aliphatic carboxylic acids is 1. The highest BCUT2D eigenvalue weighted by molar-refractivity contribution is 7.98. The van der Waals surface area contributed by atoms with E-state index in [2.05, 4.69) is 20.2 Å². The van der Waals surface area contributed by atoms with Crippen molar-refractivity contribution in [1.82, 2.24) is 19.8 Å². The molecular formula is C22H28N6O4S. The number of carbonyl (C=O) groups is 2. The summed E-state index contributed by atoms with van der Waals surface area (Å²) in [5.41, 5.74) is 2.36. The molecule has 1 amide bonds. The number of benzene rings is 1. The van der Waals surface area contributed by atoms with Crippen LogP contribution in [0.3, 0.4) is 0 Å². The maximum absolute atomic E-state index is 13.2. The Morgan fingerprint density at radius 2 is 1.79 bits per heavy atom. The molecule has 4 rings (SSSR count). The molecule has 2 aliphatic heterocycles. The van der Waals surface area contributed by atoms with Gasteiger partial charge in [0.1, 0.15) is 11.4 Å². The number of piperazine rings is 1. The average Bonchev–Trinajstić information content (AvgIpc) is 2.85. The number of thioether (sulfide) groups is 1. The van der Waals surface area contributed by atoms with Crippen LogP contribution in [0, 0.1) is 0 Å². The summed E-state index contributed by atoms with van der Waals surface area (Å²) in [5.74, 6) is -0.557. The second-order valence-electron chi connectivity index (χ2n) is 7.85. The predicted octanol–water partition coefficient (Wildman–Crippen LogP) is 1.62. The SMILES string of the molecule is CSc1ncc(C(=O)N2CCN(CC(=O)O)CC2)c(Nc2ccc(N3CCOCC3)cc2)n1. The molecule has 0 radical (unpaired) electrons. The number of carboxylic acid groups (broad SMARTS) is 1. The summed E-state index contributed by atoms with van der Waals surface area (Å²) in [6.07, 6.45) is 3.45. The number of nitrogens with zero attached hydrogens (tertiary/aromatic N) is 5. The third kappa shape index (κ3) is 5.92. The average molecular weight is 473 g/mol. The van der Waals surface area contributed by atoms with Crippen LogP contribution < -0.4 is 10.2 Å². The van der Waals surface area contributed by atoms with Gasteiger partial charge in [-0.2, -0.15) is 0 Å². The number of anilines is 3. The largest absolute Gasteiger partial charge is 0.480 e. The van der Waals surface area contributed by atoms with Gasteiger partial charge in [-0.3, -0.25) is 14.5 Å². The zero-order valence-corrected chi connectivity index (χ0v) is 19.4. The van der Waals surface area contributed by atoms with Gasteiger partial charge in [-0.05, 0) is 30.5 Å². The Kier molecular flexibility index (Phi) is 7.63. The normalized spacial score (nSPS) is 17.1. The van der Waals surface area contributed by atoms with Gasteiger partial charge in [0.05, 0.1) is 19.8 Å². The van der Waals surface area contributed by atoms with Crippen LogP contribution in [0.2, 0.25) is 0 Å². The van der Waals surface area contributed by atoms with E-state index >= 15 is 0 Å². The molecule has 3 heterocycles. The first-order chi connectivity index (χ1) is 16.0. The van der Waals surface area contributed by atoms with Crippen LogP contribution in [0.15, 0.2) is 35.6 Å². The van der Waals surface area contributed by atoms with E-state index in [0.29, 0.717) is 42.7 Å². The summed E-state index contributed by atoms with van der Waals surface area (Å²) in [4.78, 5) is 38.9. The van der Waals surface area contributed by atoms with E-state index in [1.165, 1.54) is 11.8 Å². The van der Waals surface area contributed by atoms with Crippen molar-refractivity contribution in [2.45, 2.75) is 5.16 Å². The predicted molar refractivity (Wildman–Crippen MR) is 127 cm³/mol. The maximum atomic E-state index is 13.2. The minimum Gasteiger partial charge on any atom is -0.480 e. The molecule has 2 aromatic rings. The molecule has 0 saturated carbocycles. The van der Waals surface area contributed by atoms with E-state index in [9.17, 15) is 9.59 Å². The van der Waals surface area contributed by atoms with E-state index in [1.54, 1.807) is 11.1 Å². The summed E-state index contributed by atoms with van der Waals surface area (Å²) in [7, 11) is 0. The number of carboxylic acids is 1. The van der Waals surface area contributed by atoms with E-state index in [1.807, 2.05) is 35.4 Å². The number of carbonyl (C=O) groups excluding carboxylic acids is 1. The van der Waals surface area contributed by atoms with Gasteiger partial charge in [0.2, 0.25) is 0 Å². The van der Waals surface area contributed by atoms with Crippen LogP contribution in [-0.4, -0.2) is 102 Å². The molecule has 11 heteroatoms. The third-order valence-electron chi connectivity index (χ3n) is 5.70. The summed E-state index contributed by atoms with van der Waals surface area (Å²) in [6, 6.07) is 8.05. The molecule has 0 atom stereocenters. The number of morpholine rings is 1. The van der Waals surface area contributed by atoms with Crippen molar-refractivity contribution >= 4 is 40.8 Å². The first kappa shape index (κ1) is 23.3. The zero-order valence-electron chi connectivity index (χ0n) is 18.6. The number of aromatic nitrogens is 2. The Morgan fingerprint density at radius 3 is 2.42 bits per heavy atom. The van der Waals surface area contributed by atoms with Gasteiger partial charge in [0.15, 0.2) is 5.16 Å². The standard InChI is InChI=1S/C22H28N6O4S/c1-33-22-23-14-18(21(31)28-8-6-26(7-9-28)15-19(29)30)20(25-22)24-16-2-4-17(5-3-16)27-10-12-32-13-11-27/h2-5,14H,6-13,15H2,1H3,(H,29,30)(H,23,24,25). The number of hydrogen-bond acceptors (Lipinski definition) is 9. The molecule has 10 nitrogen and oxygen atoms in total. The highest BCUT2D eigenvalue weighted by atomic mass is 32.2. The molecule has 0 bridgehead atoms. The monoisotopic (exact) mass is 472 g/mol. The van der Waals surface area contributed by atoms with Crippen LogP contribution in [0.5, 0.6) is 0 Å². The van der Waals surface area contributed by atoms with Crippen molar-refractivity contribution in [2.24, 2.45) is 0 Å². The fourth-order valence-corrected chi connectivity index (χ4v) is 4.24. The van der Waals surface area contributed by atoms with E-state index in [-0.39, 0.29) is 12.5 Å². The first-order valence-corrected chi connectivity index (χ1v) is 12.1. The van der Waals surface area contributed by atoms with Crippen LogP contribution >= 0.6 is 11.8 Å². The van der Waals surface area contributed by atoms with E-state index in [4.69, 9.17) is 9.84 Å². The minimum absolute atomic E-state index is 0.0131. The Morgan fingerprint density at radius 1 is 1.09 bits per heavy atom. The molecular weight excluding hydrogens is 444 g/mol. The number of hydrogen-bond donors (Lipinski definition) is 2. The van der Waals surface area contributed by atoms with Crippen molar-refractivity contribution in [2.75, 3.05) is 75.5 Å². The van der Waals surface area contributed by atoms with Crippen LogP contribution in [0.4, 0.5) is 17.2 Å². The summed E-state index contributed by atoms with van der Waals surface area (Å²) in [5, 5.41) is 12.8. The lowest BCUT2D eigenvalue weighted by Gasteiger charge is -2.34. The number of nitrogens with one attached hydrogen (secondary N) is 1. The number of rotatable bonds is 7. The van der Waals surface area contributed by atoms with Crippen molar-refractivity contribution in [3.8, 4) is 0 Å². The molecule has 0 spiro atoms. The number of amides is 1. The van der Waals surface area contributed by atoms with Gasteiger partial charge in [-0.15, -0.1) is 0 Å². The van der Waals surface area contributed by atoms with Crippen LogP contribution in [-0.2, 0) is 9.53 Å². The molecule has 2 fully saturated rings. The molecule has 33 heavy (non-hydrogen) atoms. The van der Waals surface area contributed by atoms with Crippen molar-refractivity contribution in [3.63, 3.8) is 0 Å². The molecule has 1 aromatic heterocycles. The van der Waals surface area contributed by atoms with Crippen LogP contribution in [0.1, 0.15) is 10.4 Å². The minimum atomic E-state index is -0.859. The Hall–Kier alpha value is -2.89. The Bertz CT molecular complexity index is 975. The van der Waals surface area contributed by atoms with Crippen molar-refractivity contribution < 1.29 is 19.4 Å². The van der Waals surface area contributed by atoms with Crippen LogP contribution in [0.25, 0.3) is 0 Å². The first-order valence-electron chi connectivity index (χ1n) is 10.9. The lowest BCUT2D eigenvalue weighted by molar-refractivity contribution is -0.138. The quantitative estimate of drug-likeness (QED) is 0.455. The summed E-state index contributed by atoms with van der Waals surface area (Å²) >= 11 is 1.41. The zero-order chi connectivity index (χ0) is 23.2. The lowest BCUT2D eigenvalue weighted by Crippen LogP contribution is -2.50. The molecule has 1 aromatic carbocycles. The van der Waals surface area contributed by atoms with Crippen molar-refractivity contribution in [3.05, 3.63) is 36.0 Å². The van der Waals surface area contributed by atoms with Gasteiger partial charge in [0, 0.05) is 56.8 Å². The summed E-state index contributed by atoms with van der Waals surface area (Å²) in [6.45, 7) is 5.15. The lowest BCUT2D eigenvalue weighted by atomic mass is 10.2. The van der Waals surface area contributed by atoms with Crippen molar-refractivity contribution in [1.29, 1.82) is 0 Å². The smallest absolute Gasteiger partial charge is 0.317 e. The second kappa shape index (κ2) is 10.8. The highest BCUT2D eigenvalue weighted by Gasteiger charge is 2.26. The van der Waals surface area contributed by atoms with Gasteiger partial charge in [-0.25, -0.2) is 9.97 Å². The fraction of sp³-hybridized carbons (Fsp3) is 0.455. The molecule has 0 unspecified atom stereocenters. The topological polar surface area (TPSA) is 111 Å². The molecule has 2 saturated heterocycles. The molecule has 176 valence electrons. The summed E-state index contributed by atoms with van der Waals surface area (Å²) < 4.78 is 5.42. The van der Waals surface area contributed by atoms with E-state index in [0.717, 1.165) is 37.7 Å². The van der Waals surface area contributed by atoms with Gasteiger partial charge in [-0.1, -0.05) is 11.8 Å².